The Labute approximate surface area is 101 Å². The molecule has 0 aromatic carbocycles. The van der Waals surface area contributed by atoms with E-state index in [-0.39, 0.29) is 10.8 Å². The normalized spacial score (nSPS) is 44.8. The molecular formula is C15H27N. The molecule has 92 valence electrons. The molecule has 1 saturated carbocycles. The van der Waals surface area contributed by atoms with Crippen LogP contribution in [0.2, 0.25) is 0 Å². The monoisotopic (exact) mass is 221 g/mol. The van der Waals surface area contributed by atoms with Crippen molar-refractivity contribution in [1.82, 2.24) is 0 Å². The smallest absolute Gasteiger partial charge is 0.0695 e. The zero-order valence-corrected chi connectivity index (χ0v) is 11.6. The van der Waals surface area contributed by atoms with Gasteiger partial charge < -0.3 is 0 Å². The number of hydrogen-bond donors (Lipinski definition) is 0. The summed E-state index contributed by atoms with van der Waals surface area (Å²) < 4.78 is 0. The average Bonchev–Trinajstić information content (AvgIpc) is 2.40. The van der Waals surface area contributed by atoms with Crippen molar-refractivity contribution in [3.05, 3.63) is 0 Å². The van der Waals surface area contributed by atoms with Crippen LogP contribution in [0.3, 0.4) is 0 Å². The fourth-order valence-electron chi connectivity index (χ4n) is 3.41. The Morgan fingerprint density at radius 1 is 1.19 bits per heavy atom. The van der Waals surface area contributed by atoms with E-state index in [0.29, 0.717) is 5.92 Å². The van der Waals surface area contributed by atoms with Crippen LogP contribution in [0, 0.1) is 34.0 Å². The number of nitriles is 1. The molecule has 0 bridgehead atoms. The van der Waals surface area contributed by atoms with E-state index in [9.17, 15) is 5.26 Å². The maximum Gasteiger partial charge on any atom is 0.0695 e. The Morgan fingerprint density at radius 3 is 2.25 bits per heavy atom. The maximum absolute atomic E-state index is 9.69. The van der Waals surface area contributed by atoms with Crippen LogP contribution in [0.1, 0.15) is 66.7 Å². The van der Waals surface area contributed by atoms with Gasteiger partial charge in [0.05, 0.1) is 11.5 Å². The van der Waals surface area contributed by atoms with E-state index in [4.69, 9.17) is 0 Å². The van der Waals surface area contributed by atoms with Crippen LogP contribution < -0.4 is 0 Å². The predicted molar refractivity (Wildman–Crippen MR) is 68.9 cm³/mol. The third-order valence-electron chi connectivity index (χ3n) is 5.55. The van der Waals surface area contributed by atoms with Gasteiger partial charge in [0.2, 0.25) is 0 Å². The lowest BCUT2D eigenvalue weighted by Crippen LogP contribution is -2.38. The Bertz CT molecular complexity index is 278. The van der Waals surface area contributed by atoms with E-state index in [0.717, 1.165) is 25.2 Å². The highest BCUT2D eigenvalue weighted by atomic mass is 14.5. The zero-order chi connectivity index (χ0) is 12.4. The Hall–Kier alpha value is -0.510. The molecule has 0 amide bonds. The maximum atomic E-state index is 9.69. The van der Waals surface area contributed by atoms with E-state index >= 15 is 0 Å². The quantitative estimate of drug-likeness (QED) is 0.616. The van der Waals surface area contributed by atoms with Crippen molar-refractivity contribution in [2.24, 2.45) is 22.7 Å². The SMILES string of the molecule is CCC1(C)CCC(C)C(C)CC1(C#N)CC. The van der Waals surface area contributed by atoms with Crippen molar-refractivity contribution in [2.45, 2.75) is 66.7 Å². The molecule has 4 unspecified atom stereocenters. The van der Waals surface area contributed by atoms with Crippen LogP contribution in [-0.4, -0.2) is 0 Å². The predicted octanol–water partition coefficient (Wildman–Crippen LogP) is 4.78. The minimum atomic E-state index is -0.0913. The first-order valence-electron chi connectivity index (χ1n) is 6.86. The van der Waals surface area contributed by atoms with E-state index in [1.54, 1.807) is 0 Å². The van der Waals surface area contributed by atoms with Gasteiger partial charge in [-0.2, -0.15) is 5.26 Å². The molecule has 0 aromatic heterocycles. The summed E-state index contributed by atoms with van der Waals surface area (Å²) >= 11 is 0. The summed E-state index contributed by atoms with van der Waals surface area (Å²) in [5.74, 6) is 1.46. The Balaban J connectivity index is 3.12. The summed E-state index contributed by atoms with van der Waals surface area (Å²) in [5, 5.41) is 9.69. The molecule has 0 saturated heterocycles. The van der Waals surface area contributed by atoms with Gasteiger partial charge in [-0.15, -0.1) is 0 Å². The standard InChI is InChI=1S/C15H27N/c1-6-14(5)9-8-12(3)13(4)10-15(14,7-2)11-16/h12-13H,6-10H2,1-5H3. The third-order valence-corrected chi connectivity index (χ3v) is 5.55. The molecule has 1 fully saturated rings. The molecule has 1 rings (SSSR count). The van der Waals surface area contributed by atoms with E-state index in [2.05, 4.69) is 40.7 Å². The topological polar surface area (TPSA) is 23.8 Å². The van der Waals surface area contributed by atoms with Crippen LogP contribution in [0.5, 0.6) is 0 Å². The molecule has 0 spiro atoms. The Kier molecular flexibility index (Phi) is 4.05. The minimum Gasteiger partial charge on any atom is -0.198 e. The summed E-state index contributed by atoms with van der Waals surface area (Å²) in [4.78, 5) is 0. The lowest BCUT2D eigenvalue weighted by atomic mass is 9.59. The molecule has 1 nitrogen and oxygen atoms in total. The zero-order valence-electron chi connectivity index (χ0n) is 11.6. The molecule has 1 aliphatic carbocycles. The molecule has 0 aliphatic heterocycles. The van der Waals surface area contributed by atoms with Crippen LogP contribution in [0.25, 0.3) is 0 Å². The molecular weight excluding hydrogens is 194 g/mol. The third kappa shape index (κ3) is 1.99. The first kappa shape index (κ1) is 13.6. The highest BCUT2D eigenvalue weighted by Gasteiger charge is 2.48. The second-order valence-corrected chi connectivity index (χ2v) is 6.16. The van der Waals surface area contributed by atoms with Crippen molar-refractivity contribution >= 4 is 0 Å². The average molecular weight is 221 g/mol. The van der Waals surface area contributed by atoms with Crippen molar-refractivity contribution in [3.63, 3.8) is 0 Å². The van der Waals surface area contributed by atoms with Gasteiger partial charge in [-0.3, -0.25) is 0 Å². The molecule has 4 atom stereocenters. The second kappa shape index (κ2) is 4.78. The molecule has 1 heteroatoms. The van der Waals surface area contributed by atoms with Crippen molar-refractivity contribution < 1.29 is 0 Å². The molecule has 0 heterocycles. The van der Waals surface area contributed by atoms with Gasteiger partial charge >= 0.3 is 0 Å². The Morgan fingerprint density at radius 2 is 1.81 bits per heavy atom. The summed E-state index contributed by atoms with van der Waals surface area (Å²) in [6.07, 6.45) is 5.73. The second-order valence-electron chi connectivity index (χ2n) is 6.16. The highest BCUT2D eigenvalue weighted by Crippen LogP contribution is 2.55. The summed E-state index contributed by atoms with van der Waals surface area (Å²) in [7, 11) is 0. The largest absolute Gasteiger partial charge is 0.198 e. The van der Waals surface area contributed by atoms with Crippen LogP contribution in [-0.2, 0) is 0 Å². The molecule has 16 heavy (non-hydrogen) atoms. The van der Waals surface area contributed by atoms with Crippen molar-refractivity contribution in [2.75, 3.05) is 0 Å². The minimum absolute atomic E-state index is 0.0913. The number of rotatable bonds is 2. The molecule has 0 radical (unpaired) electrons. The van der Waals surface area contributed by atoms with E-state index < -0.39 is 0 Å². The number of hydrogen-bond acceptors (Lipinski definition) is 1. The van der Waals surface area contributed by atoms with Gasteiger partial charge in [0.1, 0.15) is 0 Å². The first-order chi connectivity index (χ1) is 7.44. The fourth-order valence-corrected chi connectivity index (χ4v) is 3.41. The molecule has 1 aliphatic rings. The highest BCUT2D eigenvalue weighted by molar-refractivity contribution is 5.10. The lowest BCUT2D eigenvalue weighted by Gasteiger charge is -2.43. The van der Waals surface area contributed by atoms with Crippen molar-refractivity contribution in [1.29, 1.82) is 5.26 Å². The van der Waals surface area contributed by atoms with Gasteiger partial charge in [-0.25, -0.2) is 0 Å². The summed E-state index contributed by atoms with van der Waals surface area (Å²) in [6.45, 7) is 11.5. The van der Waals surface area contributed by atoms with Gasteiger partial charge in [0, 0.05) is 0 Å². The van der Waals surface area contributed by atoms with Gasteiger partial charge in [-0.05, 0) is 49.4 Å². The fraction of sp³-hybridized carbons (Fsp3) is 0.933. The van der Waals surface area contributed by atoms with Crippen LogP contribution >= 0.6 is 0 Å². The number of nitrogens with zero attached hydrogens (tertiary/aromatic N) is 1. The van der Waals surface area contributed by atoms with Crippen LogP contribution in [0.15, 0.2) is 0 Å². The van der Waals surface area contributed by atoms with E-state index in [1.807, 2.05) is 0 Å². The van der Waals surface area contributed by atoms with Crippen molar-refractivity contribution in [3.8, 4) is 6.07 Å². The van der Waals surface area contributed by atoms with E-state index in [1.165, 1.54) is 12.8 Å². The van der Waals surface area contributed by atoms with Gasteiger partial charge in [0.25, 0.3) is 0 Å². The van der Waals surface area contributed by atoms with Crippen LogP contribution in [0.4, 0.5) is 0 Å². The first-order valence-corrected chi connectivity index (χ1v) is 6.86. The van der Waals surface area contributed by atoms with Gasteiger partial charge in [0.15, 0.2) is 0 Å². The molecule has 0 N–H and O–H groups in total. The summed E-state index contributed by atoms with van der Waals surface area (Å²) in [6, 6.07) is 2.70. The summed E-state index contributed by atoms with van der Waals surface area (Å²) in [5.41, 5.74) is 0.126. The van der Waals surface area contributed by atoms with Gasteiger partial charge in [-0.1, -0.05) is 34.6 Å². The molecule has 0 aromatic rings. The lowest BCUT2D eigenvalue weighted by molar-refractivity contribution is 0.0794.